The highest BCUT2D eigenvalue weighted by Gasteiger charge is 2.08. The van der Waals surface area contributed by atoms with Crippen LogP contribution in [0, 0.1) is 0 Å². The van der Waals surface area contributed by atoms with Crippen molar-refractivity contribution in [3.05, 3.63) is 41.8 Å². The predicted molar refractivity (Wildman–Crippen MR) is 82.6 cm³/mol. The van der Waals surface area contributed by atoms with Crippen molar-refractivity contribution in [2.24, 2.45) is 0 Å². The predicted octanol–water partition coefficient (Wildman–Crippen LogP) is 2.43. The van der Waals surface area contributed by atoms with Crippen LogP contribution in [-0.2, 0) is 13.1 Å². The number of aromatic nitrogens is 2. The lowest BCUT2D eigenvalue weighted by atomic mass is 10.4. The van der Waals surface area contributed by atoms with Gasteiger partial charge in [0.25, 0.3) is 5.56 Å². The van der Waals surface area contributed by atoms with Gasteiger partial charge in [-0.1, -0.05) is 0 Å². The highest BCUT2D eigenvalue weighted by Crippen LogP contribution is 2.22. The molecule has 0 aliphatic carbocycles. The lowest BCUT2D eigenvalue weighted by Crippen LogP contribution is -2.25. The van der Waals surface area contributed by atoms with Gasteiger partial charge in [0.1, 0.15) is 4.47 Å². The average molecular weight is 409 g/mol. The second-order valence-electron chi connectivity index (χ2n) is 3.71. The van der Waals surface area contributed by atoms with Crippen molar-refractivity contribution < 1.29 is 5.11 Å². The van der Waals surface area contributed by atoms with E-state index in [4.69, 9.17) is 5.11 Å². The van der Waals surface area contributed by atoms with Crippen molar-refractivity contribution in [2.45, 2.75) is 13.1 Å². The van der Waals surface area contributed by atoms with Gasteiger partial charge in [0, 0.05) is 21.3 Å². The molecule has 0 radical (unpaired) electrons. The summed E-state index contributed by atoms with van der Waals surface area (Å²) in [5.41, 5.74) is 0.384. The van der Waals surface area contributed by atoms with E-state index in [1.165, 1.54) is 4.68 Å². The van der Waals surface area contributed by atoms with Gasteiger partial charge >= 0.3 is 0 Å². The van der Waals surface area contributed by atoms with E-state index in [1.807, 2.05) is 11.4 Å². The van der Waals surface area contributed by atoms with E-state index < -0.39 is 0 Å². The molecule has 0 unspecified atom stereocenters. The lowest BCUT2D eigenvalue weighted by Gasteiger charge is -2.09. The van der Waals surface area contributed by atoms with E-state index >= 15 is 0 Å². The normalized spacial score (nSPS) is 10.7. The van der Waals surface area contributed by atoms with E-state index in [-0.39, 0.29) is 18.7 Å². The molecule has 0 aliphatic rings. The molecule has 0 bridgehead atoms. The molecule has 102 valence electrons. The number of nitrogens with zero attached hydrogens (tertiary/aromatic N) is 2. The summed E-state index contributed by atoms with van der Waals surface area (Å²) in [7, 11) is 0. The number of thiophene rings is 1. The SMILES string of the molecule is O=c1c(Br)c(NCc2cc(Br)cs2)cnn1CCO. The number of hydrogen-bond acceptors (Lipinski definition) is 5. The summed E-state index contributed by atoms with van der Waals surface area (Å²) >= 11 is 8.28. The van der Waals surface area contributed by atoms with Gasteiger partial charge in [-0.2, -0.15) is 5.10 Å². The summed E-state index contributed by atoms with van der Waals surface area (Å²) in [5.74, 6) is 0. The van der Waals surface area contributed by atoms with Crippen LogP contribution in [0.25, 0.3) is 0 Å². The number of aliphatic hydroxyl groups is 1. The molecule has 5 nitrogen and oxygen atoms in total. The van der Waals surface area contributed by atoms with E-state index in [1.54, 1.807) is 17.5 Å². The molecule has 0 spiro atoms. The molecule has 8 heteroatoms. The van der Waals surface area contributed by atoms with Gasteiger partial charge in [-0.25, -0.2) is 4.68 Å². The van der Waals surface area contributed by atoms with Crippen LogP contribution >= 0.6 is 43.2 Å². The Bertz CT molecular complexity index is 627. The molecule has 2 heterocycles. The molecular formula is C11H11Br2N3O2S. The van der Waals surface area contributed by atoms with Crippen molar-refractivity contribution in [3.63, 3.8) is 0 Å². The molecule has 0 atom stereocenters. The van der Waals surface area contributed by atoms with Crippen molar-refractivity contribution in [3.8, 4) is 0 Å². The van der Waals surface area contributed by atoms with Gasteiger partial charge in [0.05, 0.1) is 25.0 Å². The van der Waals surface area contributed by atoms with E-state index in [9.17, 15) is 4.79 Å². The molecule has 0 fully saturated rings. The van der Waals surface area contributed by atoms with Gasteiger partial charge in [-0.05, 0) is 37.9 Å². The fourth-order valence-corrected chi connectivity index (χ4v) is 3.31. The van der Waals surface area contributed by atoms with Crippen molar-refractivity contribution in [1.82, 2.24) is 9.78 Å². The maximum atomic E-state index is 11.9. The second-order valence-corrected chi connectivity index (χ2v) is 6.41. The lowest BCUT2D eigenvalue weighted by molar-refractivity contribution is 0.266. The minimum absolute atomic E-state index is 0.116. The Labute approximate surface area is 130 Å². The number of aliphatic hydroxyl groups excluding tert-OH is 1. The largest absolute Gasteiger partial charge is 0.394 e. The maximum Gasteiger partial charge on any atom is 0.283 e. The molecular weight excluding hydrogens is 398 g/mol. The molecule has 0 saturated carbocycles. The van der Waals surface area contributed by atoms with Crippen LogP contribution in [0.4, 0.5) is 5.69 Å². The highest BCUT2D eigenvalue weighted by molar-refractivity contribution is 9.10. The van der Waals surface area contributed by atoms with Crippen LogP contribution in [0.5, 0.6) is 0 Å². The standard InChI is InChI=1S/C11H11Br2N3O2S/c12-7-3-8(19-6-7)4-14-9-5-15-16(1-2-17)11(18)10(9)13/h3,5-6,14,17H,1-2,4H2. The Morgan fingerprint density at radius 2 is 2.26 bits per heavy atom. The Morgan fingerprint density at radius 3 is 2.89 bits per heavy atom. The van der Waals surface area contributed by atoms with E-state index in [0.717, 1.165) is 9.35 Å². The number of halogens is 2. The Hall–Kier alpha value is -0.700. The zero-order chi connectivity index (χ0) is 13.8. The molecule has 2 aromatic heterocycles. The second kappa shape index (κ2) is 6.65. The van der Waals surface area contributed by atoms with E-state index in [0.29, 0.717) is 16.7 Å². The molecule has 2 rings (SSSR count). The van der Waals surface area contributed by atoms with E-state index in [2.05, 4.69) is 42.3 Å². The van der Waals surface area contributed by atoms with Crippen LogP contribution in [-0.4, -0.2) is 21.5 Å². The van der Waals surface area contributed by atoms with Crippen molar-refractivity contribution >= 4 is 48.9 Å². The summed E-state index contributed by atoms with van der Waals surface area (Å²) in [4.78, 5) is 13.0. The minimum Gasteiger partial charge on any atom is -0.394 e. The molecule has 0 amide bonds. The van der Waals surface area contributed by atoms with Crippen LogP contribution in [0.1, 0.15) is 4.88 Å². The summed E-state index contributed by atoms with van der Waals surface area (Å²) < 4.78 is 2.69. The first-order valence-electron chi connectivity index (χ1n) is 5.45. The van der Waals surface area contributed by atoms with Crippen LogP contribution < -0.4 is 10.9 Å². The molecule has 0 aliphatic heterocycles. The maximum absolute atomic E-state index is 11.9. The summed E-state index contributed by atoms with van der Waals surface area (Å²) in [5, 5.41) is 18.0. The topological polar surface area (TPSA) is 67.2 Å². The number of hydrogen-bond donors (Lipinski definition) is 2. The number of anilines is 1. The average Bonchev–Trinajstić information content (AvgIpc) is 2.80. The third-order valence-electron chi connectivity index (χ3n) is 2.37. The van der Waals surface area contributed by atoms with Gasteiger partial charge in [0.2, 0.25) is 0 Å². The number of rotatable bonds is 5. The zero-order valence-electron chi connectivity index (χ0n) is 9.77. The zero-order valence-corrected chi connectivity index (χ0v) is 13.8. The summed E-state index contributed by atoms with van der Waals surface area (Å²) in [6.45, 7) is 0.699. The molecule has 0 aromatic carbocycles. The third-order valence-corrected chi connectivity index (χ3v) is 4.84. The smallest absolute Gasteiger partial charge is 0.283 e. The fraction of sp³-hybridized carbons (Fsp3) is 0.273. The monoisotopic (exact) mass is 407 g/mol. The third kappa shape index (κ3) is 3.65. The number of nitrogens with one attached hydrogen (secondary N) is 1. The minimum atomic E-state index is -0.258. The first-order chi connectivity index (χ1) is 9.11. The molecule has 2 N–H and O–H groups in total. The fourth-order valence-electron chi connectivity index (χ4n) is 1.47. The van der Waals surface area contributed by atoms with Crippen LogP contribution in [0.2, 0.25) is 0 Å². The van der Waals surface area contributed by atoms with Crippen LogP contribution in [0.15, 0.2) is 31.4 Å². The molecule has 0 saturated heterocycles. The summed E-state index contributed by atoms with van der Waals surface area (Å²) in [6.07, 6.45) is 1.57. The Morgan fingerprint density at radius 1 is 1.47 bits per heavy atom. The molecule has 2 aromatic rings. The van der Waals surface area contributed by atoms with Gasteiger partial charge < -0.3 is 10.4 Å². The molecule has 19 heavy (non-hydrogen) atoms. The van der Waals surface area contributed by atoms with Crippen molar-refractivity contribution in [2.75, 3.05) is 11.9 Å². The Kier molecular flexibility index (Phi) is 5.14. The summed E-state index contributed by atoms with van der Waals surface area (Å²) in [6, 6.07) is 2.02. The van der Waals surface area contributed by atoms with Gasteiger partial charge in [-0.15, -0.1) is 11.3 Å². The Balaban J connectivity index is 2.13. The van der Waals surface area contributed by atoms with Gasteiger partial charge in [0.15, 0.2) is 0 Å². The quantitative estimate of drug-likeness (QED) is 0.797. The van der Waals surface area contributed by atoms with Gasteiger partial charge in [-0.3, -0.25) is 4.79 Å². The highest BCUT2D eigenvalue weighted by atomic mass is 79.9. The first kappa shape index (κ1) is 14.7. The first-order valence-corrected chi connectivity index (χ1v) is 7.91. The van der Waals surface area contributed by atoms with Crippen molar-refractivity contribution in [1.29, 1.82) is 0 Å². The van der Waals surface area contributed by atoms with Crippen LogP contribution in [0.3, 0.4) is 0 Å².